The molecule has 0 saturated carbocycles. The Labute approximate surface area is 141 Å². The lowest BCUT2D eigenvalue weighted by Crippen LogP contribution is -2.33. The van der Waals surface area contributed by atoms with Crippen molar-refractivity contribution in [3.63, 3.8) is 0 Å². The molecule has 1 atom stereocenters. The van der Waals surface area contributed by atoms with Crippen LogP contribution in [-0.4, -0.2) is 11.9 Å². The molecule has 3 heteroatoms. The van der Waals surface area contributed by atoms with Gasteiger partial charge >= 0.3 is 0 Å². The number of aryl methyl sites for hydroxylation is 2. The number of nitrogen functional groups attached to an aromatic ring is 1. The summed E-state index contributed by atoms with van der Waals surface area (Å²) >= 11 is 0. The lowest BCUT2D eigenvalue weighted by Gasteiger charge is -2.27. The lowest BCUT2D eigenvalue weighted by atomic mass is 10.0. The molecular weight excluding hydrogens is 284 g/mol. The van der Waals surface area contributed by atoms with E-state index in [4.69, 9.17) is 5.73 Å². The first-order chi connectivity index (χ1) is 11.0. The van der Waals surface area contributed by atoms with Gasteiger partial charge in [0.25, 0.3) is 0 Å². The zero-order valence-electron chi connectivity index (χ0n) is 15.0. The van der Waals surface area contributed by atoms with Crippen LogP contribution in [0.25, 0.3) is 0 Å². The number of benzene rings is 1. The Morgan fingerprint density at radius 1 is 1.09 bits per heavy atom. The Bertz CT molecular complexity index is 539. The summed E-state index contributed by atoms with van der Waals surface area (Å²) in [6, 6.07) is 4.44. The molecule has 128 valence electrons. The quantitative estimate of drug-likeness (QED) is 0.533. The Kier molecular flexibility index (Phi) is 6.49. The van der Waals surface area contributed by atoms with Crippen molar-refractivity contribution in [2.24, 2.45) is 0 Å². The first-order valence-corrected chi connectivity index (χ1v) is 9.23. The minimum absolute atomic E-state index is 0.257. The van der Waals surface area contributed by atoms with E-state index in [0.717, 1.165) is 35.3 Å². The molecule has 23 heavy (non-hydrogen) atoms. The van der Waals surface area contributed by atoms with Crippen molar-refractivity contribution >= 4 is 17.3 Å². The average molecular weight is 316 g/mol. The van der Waals surface area contributed by atoms with Crippen LogP contribution in [0, 0.1) is 13.8 Å². The molecule has 1 fully saturated rings. The van der Waals surface area contributed by atoms with E-state index in [1.54, 1.807) is 0 Å². The molecule has 1 heterocycles. The predicted octanol–water partition coefficient (Wildman–Crippen LogP) is 5.13. The van der Waals surface area contributed by atoms with Crippen molar-refractivity contribution in [1.29, 1.82) is 0 Å². The number of anilines is 2. The topological polar surface area (TPSA) is 46.3 Å². The number of carbonyl (C=O) groups is 1. The lowest BCUT2D eigenvalue weighted by molar-refractivity contribution is -0.117. The summed E-state index contributed by atoms with van der Waals surface area (Å²) in [5.41, 5.74) is 10.1. The van der Waals surface area contributed by atoms with Crippen molar-refractivity contribution in [3.05, 3.63) is 23.3 Å². The van der Waals surface area contributed by atoms with Gasteiger partial charge in [0.05, 0.1) is 0 Å². The van der Waals surface area contributed by atoms with Crippen molar-refractivity contribution in [2.75, 3.05) is 10.6 Å². The Balaban J connectivity index is 1.98. The Morgan fingerprint density at radius 3 is 2.52 bits per heavy atom. The van der Waals surface area contributed by atoms with E-state index in [0.29, 0.717) is 12.5 Å². The molecule has 2 rings (SSSR count). The Morgan fingerprint density at radius 2 is 1.78 bits per heavy atom. The van der Waals surface area contributed by atoms with Gasteiger partial charge in [-0.05, 0) is 43.9 Å². The van der Waals surface area contributed by atoms with E-state index in [-0.39, 0.29) is 5.91 Å². The van der Waals surface area contributed by atoms with Crippen molar-refractivity contribution in [1.82, 2.24) is 0 Å². The summed E-state index contributed by atoms with van der Waals surface area (Å²) in [5, 5.41) is 0. The monoisotopic (exact) mass is 316 g/mol. The van der Waals surface area contributed by atoms with Gasteiger partial charge < -0.3 is 10.6 Å². The van der Waals surface area contributed by atoms with Crippen LogP contribution in [0.2, 0.25) is 0 Å². The first-order valence-electron chi connectivity index (χ1n) is 9.23. The van der Waals surface area contributed by atoms with Crippen molar-refractivity contribution in [2.45, 2.75) is 84.6 Å². The summed E-state index contributed by atoms with van der Waals surface area (Å²) in [4.78, 5) is 14.4. The fourth-order valence-corrected chi connectivity index (χ4v) is 3.62. The van der Waals surface area contributed by atoms with Crippen LogP contribution in [0.5, 0.6) is 0 Å². The van der Waals surface area contributed by atoms with Gasteiger partial charge in [0.1, 0.15) is 0 Å². The fraction of sp³-hybridized carbons (Fsp3) is 0.650. The number of nitrogens with zero attached hydrogens (tertiary/aromatic N) is 1. The molecule has 1 saturated heterocycles. The Hall–Kier alpha value is -1.51. The molecule has 0 radical (unpaired) electrons. The van der Waals surface area contributed by atoms with Gasteiger partial charge in [0, 0.05) is 23.8 Å². The standard InChI is InChI=1S/C20H32N2O/c1-4-5-6-7-8-9-10-17-11-12-20(23)22(17)19-14-18(21)15(2)13-16(19)3/h13-14,17H,4-12,21H2,1-3H3. The number of unbranched alkanes of at least 4 members (excludes halogenated alkanes) is 5. The maximum Gasteiger partial charge on any atom is 0.227 e. The second kappa shape index (κ2) is 8.37. The molecular formula is C20H32N2O. The average Bonchev–Trinajstić information content (AvgIpc) is 2.87. The molecule has 1 aliphatic rings. The number of carbonyl (C=O) groups excluding carboxylic acids is 1. The highest BCUT2D eigenvalue weighted by molar-refractivity contribution is 5.97. The molecule has 0 spiro atoms. The highest BCUT2D eigenvalue weighted by Gasteiger charge is 2.32. The van der Waals surface area contributed by atoms with Crippen LogP contribution >= 0.6 is 0 Å². The predicted molar refractivity (Wildman–Crippen MR) is 98.8 cm³/mol. The molecule has 1 aliphatic heterocycles. The van der Waals surface area contributed by atoms with E-state index in [9.17, 15) is 4.79 Å². The normalized spacial score (nSPS) is 18.0. The van der Waals surface area contributed by atoms with Crippen molar-refractivity contribution in [3.8, 4) is 0 Å². The SMILES string of the molecule is CCCCCCCCC1CCC(=O)N1c1cc(N)c(C)cc1C. The van der Waals surface area contributed by atoms with Gasteiger partial charge in [-0.25, -0.2) is 0 Å². The summed E-state index contributed by atoms with van der Waals surface area (Å²) in [5.74, 6) is 0.257. The van der Waals surface area contributed by atoms with Crippen LogP contribution in [0.1, 0.15) is 75.8 Å². The highest BCUT2D eigenvalue weighted by atomic mass is 16.2. The summed E-state index contributed by atoms with van der Waals surface area (Å²) in [7, 11) is 0. The minimum atomic E-state index is 0.257. The number of rotatable bonds is 8. The van der Waals surface area contributed by atoms with Gasteiger partial charge in [0.15, 0.2) is 0 Å². The van der Waals surface area contributed by atoms with Crippen LogP contribution in [0.4, 0.5) is 11.4 Å². The van der Waals surface area contributed by atoms with E-state index in [1.165, 1.54) is 38.5 Å². The maximum atomic E-state index is 12.4. The van der Waals surface area contributed by atoms with Crippen molar-refractivity contribution < 1.29 is 4.79 Å². The third-order valence-electron chi connectivity index (χ3n) is 5.06. The van der Waals surface area contributed by atoms with Gasteiger partial charge in [-0.3, -0.25) is 4.79 Å². The molecule has 2 N–H and O–H groups in total. The summed E-state index contributed by atoms with van der Waals surface area (Å²) < 4.78 is 0. The van der Waals surface area contributed by atoms with Gasteiger partial charge in [-0.1, -0.05) is 51.5 Å². The highest BCUT2D eigenvalue weighted by Crippen LogP contribution is 2.34. The molecule has 0 aromatic heterocycles. The van der Waals surface area contributed by atoms with Crippen LogP contribution < -0.4 is 10.6 Å². The molecule has 3 nitrogen and oxygen atoms in total. The molecule has 1 aromatic rings. The van der Waals surface area contributed by atoms with Gasteiger partial charge in [-0.2, -0.15) is 0 Å². The largest absolute Gasteiger partial charge is 0.398 e. The zero-order valence-corrected chi connectivity index (χ0v) is 15.0. The number of nitrogens with two attached hydrogens (primary N) is 1. The van der Waals surface area contributed by atoms with Gasteiger partial charge in [0.2, 0.25) is 5.91 Å². The van der Waals surface area contributed by atoms with Gasteiger partial charge in [-0.15, -0.1) is 0 Å². The molecule has 0 bridgehead atoms. The van der Waals surface area contributed by atoms with E-state index >= 15 is 0 Å². The third kappa shape index (κ3) is 4.49. The zero-order chi connectivity index (χ0) is 16.8. The smallest absolute Gasteiger partial charge is 0.227 e. The van der Waals surface area contributed by atoms with Crippen LogP contribution in [-0.2, 0) is 4.79 Å². The molecule has 1 amide bonds. The first kappa shape index (κ1) is 17.8. The number of hydrogen-bond donors (Lipinski definition) is 1. The van der Waals surface area contributed by atoms with Crippen LogP contribution in [0.3, 0.4) is 0 Å². The summed E-state index contributed by atoms with van der Waals surface area (Å²) in [6.45, 7) is 6.35. The minimum Gasteiger partial charge on any atom is -0.398 e. The maximum absolute atomic E-state index is 12.4. The van der Waals surface area contributed by atoms with Crippen LogP contribution in [0.15, 0.2) is 12.1 Å². The molecule has 1 aromatic carbocycles. The second-order valence-electron chi connectivity index (χ2n) is 7.01. The van der Waals surface area contributed by atoms with E-state index in [2.05, 4.69) is 19.9 Å². The second-order valence-corrected chi connectivity index (χ2v) is 7.01. The summed E-state index contributed by atoms with van der Waals surface area (Å²) in [6.07, 6.45) is 10.6. The number of hydrogen-bond acceptors (Lipinski definition) is 2. The fourth-order valence-electron chi connectivity index (χ4n) is 3.62. The number of amides is 1. The van der Waals surface area contributed by atoms with E-state index in [1.807, 2.05) is 17.9 Å². The molecule has 0 aliphatic carbocycles. The van der Waals surface area contributed by atoms with E-state index < -0.39 is 0 Å². The molecule has 1 unspecified atom stereocenters. The third-order valence-corrected chi connectivity index (χ3v) is 5.06.